The van der Waals surface area contributed by atoms with E-state index in [9.17, 15) is 13.9 Å². The summed E-state index contributed by atoms with van der Waals surface area (Å²) in [5.41, 5.74) is 0.531. The van der Waals surface area contributed by atoms with Crippen LogP contribution in [0.3, 0.4) is 0 Å². The van der Waals surface area contributed by atoms with Crippen molar-refractivity contribution in [2.24, 2.45) is 0 Å². The smallest absolute Gasteiger partial charge is 0.182 e. The van der Waals surface area contributed by atoms with Gasteiger partial charge in [-0.3, -0.25) is 0 Å². The molecule has 0 spiro atoms. The van der Waals surface area contributed by atoms with Crippen LogP contribution in [-0.4, -0.2) is 11.7 Å². The number of hydrogen-bond acceptors (Lipinski definition) is 2. The molecule has 0 bridgehead atoms. The third-order valence-corrected chi connectivity index (χ3v) is 2.21. The van der Waals surface area contributed by atoms with Gasteiger partial charge >= 0.3 is 0 Å². The minimum Gasteiger partial charge on any atom is -0.388 e. The lowest BCUT2D eigenvalue weighted by atomic mass is 10.0. The number of aliphatic hydroxyl groups is 1. The second-order valence-electron chi connectivity index (χ2n) is 3.06. The van der Waals surface area contributed by atoms with Crippen LogP contribution in [0.15, 0.2) is 12.1 Å². The molecule has 4 heteroatoms. The van der Waals surface area contributed by atoms with Gasteiger partial charge in [-0.05, 0) is 12.5 Å². The minimum atomic E-state index is -0.906. The molecule has 0 saturated carbocycles. The van der Waals surface area contributed by atoms with Crippen molar-refractivity contribution in [2.75, 3.05) is 11.9 Å². The monoisotopic (exact) mass is 185 g/mol. The van der Waals surface area contributed by atoms with E-state index < -0.39 is 17.7 Å². The van der Waals surface area contributed by atoms with Gasteiger partial charge in [0.1, 0.15) is 0 Å². The zero-order valence-corrected chi connectivity index (χ0v) is 6.85. The molecule has 2 nitrogen and oxygen atoms in total. The van der Waals surface area contributed by atoms with Crippen LogP contribution < -0.4 is 5.32 Å². The first-order chi connectivity index (χ1) is 6.20. The van der Waals surface area contributed by atoms with E-state index in [1.807, 2.05) is 0 Å². The molecule has 1 aromatic rings. The van der Waals surface area contributed by atoms with E-state index in [4.69, 9.17) is 0 Å². The standard InChI is InChI=1S/C9H9F2NO/c10-6-2-1-5-7(13)3-4-12-9(5)8(6)11/h1-2,7,12-13H,3-4H2. The number of fused-ring (bicyclic) bond motifs is 1. The Morgan fingerprint density at radius 1 is 1.38 bits per heavy atom. The highest BCUT2D eigenvalue weighted by Gasteiger charge is 2.22. The fourth-order valence-corrected chi connectivity index (χ4v) is 1.51. The van der Waals surface area contributed by atoms with Gasteiger partial charge in [0.15, 0.2) is 11.6 Å². The molecule has 13 heavy (non-hydrogen) atoms. The summed E-state index contributed by atoms with van der Waals surface area (Å²) in [6.45, 7) is 0.467. The lowest BCUT2D eigenvalue weighted by Gasteiger charge is -2.23. The summed E-state index contributed by atoms with van der Waals surface area (Å²) in [5, 5.41) is 12.2. The van der Waals surface area contributed by atoms with Gasteiger partial charge in [-0.25, -0.2) is 8.78 Å². The van der Waals surface area contributed by atoms with Crippen molar-refractivity contribution in [3.8, 4) is 0 Å². The summed E-state index contributed by atoms with van der Waals surface area (Å²) >= 11 is 0. The third-order valence-electron chi connectivity index (χ3n) is 2.21. The molecule has 1 atom stereocenters. The summed E-state index contributed by atoms with van der Waals surface area (Å²) in [5.74, 6) is -1.79. The van der Waals surface area contributed by atoms with E-state index in [0.717, 1.165) is 6.07 Å². The van der Waals surface area contributed by atoms with Crippen LogP contribution in [0.4, 0.5) is 14.5 Å². The molecule has 1 aliphatic rings. The van der Waals surface area contributed by atoms with Crippen LogP contribution in [0.25, 0.3) is 0 Å². The van der Waals surface area contributed by atoms with E-state index in [0.29, 0.717) is 18.5 Å². The molecule has 1 aliphatic heterocycles. The molecule has 0 fully saturated rings. The number of halogens is 2. The highest BCUT2D eigenvalue weighted by Crippen LogP contribution is 2.32. The first-order valence-corrected chi connectivity index (χ1v) is 4.10. The Labute approximate surface area is 74.2 Å². The van der Waals surface area contributed by atoms with E-state index in [1.54, 1.807) is 0 Å². The van der Waals surface area contributed by atoms with Crippen LogP contribution in [0.1, 0.15) is 18.1 Å². The topological polar surface area (TPSA) is 32.3 Å². The van der Waals surface area contributed by atoms with Gasteiger partial charge in [0, 0.05) is 12.1 Å². The van der Waals surface area contributed by atoms with Crippen LogP contribution >= 0.6 is 0 Å². The Morgan fingerprint density at radius 3 is 2.92 bits per heavy atom. The Hall–Kier alpha value is -1.16. The van der Waals surface area contributed by atoms with Crippen molar-refractivity contribution < 1.29 is 13.9 Å². The Balaban J connectivity index is 2.56. The number of hydrogen-bond donors (Lipinski definition) is 2. The van der Waals surface area contributed by atoms with E-state index >= 15 is 0 Å². The molecule has 1 aromatic carbocycles. The van der Waals surface area contributed by atoms with Crippen molar-refractivity contribution in [3.63, 3.8) is 0 Å². The lowest BCUT2D eigenvalue weighted by Crippen LogP contribution is -2.18. The van der Waals surface area contributed by atoms with Crippen LogP contribution in [-0.2, 0) is 0 Å². The van der Waals surface area contributed by atoms with Gasteiger partial charge in [0.25, 0.3) is 0 Å². The number of aliphatic hydroxyl groups excluding tert-OH is 1. The normalized spacial score (nSPS) is 20.7. The molecule has 2 N–H and O–H groups in total. The highest BCUT2D eigenvalue weighted by molar-refractivity contribution is 5.55. The molecule has 1 heterocycles. The van der Waals surface area contributed by atoms with Crippen molar-refractivity contribution in [1.82, 2.24) is 0 Å². The third kappa shape index (κ3) is 1.27. The van der Waals surface area contributed by atoms with Crippen LogP contribution in [0, 0.1) is 11.6 Å². The number of nitrogens with one attached hydrogen (secondary N) is 1. The van der Waals surface area contributed by atoms with Crippen LogP contribution in [0.5, 0.6) is 0 Å². The SMILES string of the molecule is OC1CCNc2c1ccc(F)c2F. The van der Waals surface area contributed by atoms with E-state index in [-0.39, 0.29) is 5.69 Å². The predicted octanol–water partition coefficient (Wildman–Crippen LogP) is 1.81. The van der Waals surface area contributed by atoms with Gasteiger partial charge in [-0.15, -0.1) is 0 Å². The fourth-order valence-electron chi connectivity index (χ4n) is 1.51. The van der Waals surface area contributed by atoms with Crippen molar-refractivity contribution >= 4 is 5.69 Å². The zero-order chi connectivity index (χ0) is 9.42. The van der Waals surface area contributed by atoms with Gasteiger partial charge in [0.05, 0.1) is 11.8 Å². The van der Waals surface area contributed by atoms with Gasteiger partial charge in [-0.1, -0.05) is 6.07 Å². The molecule has 70 valence electrons. The van der Waals surface area contributed by atoms with Crippen molar-refractivity contribution in [2.45, 2.75) is 12.5 Å². The average Bonchev–Trinajstić information content (AvgIpc) is 2.12. The summed E-state index contributed by atoms with van der Waals surface area (Å²) in [7, 11) is 0. The largest absolute Gasteiger partial charge is 0.388 e. The fraction of sp³-hybridized carbons (Fsp3) is 0.333. The molecule has 0 saturated heterocycles. The Morgan fingerprint density at radius 2 is 2.15 bits per heavy atom. The molecule has 0 aromatic heterocycles. The number of rotatable bonds is 0. The van der Waals surface area contributed by atoms with Crippen molar-refractivity contribution in [1.29, 1.82) is 0 Å². The van der Waals surface area contributed by atoms with E-state index in [2.05, 4.69) is 5.32 Å². The van der Waals surface area contributed by atoms with Gasteiger partial charge in [-0.2, -0.15) is 0 Å². The Bertz CT molecular complexity index is 341. The summed E-state index contributed by atoms with van der Waals surface area (Å²) in [6.07, 6.45) is -0.163. The first-order valence-electron chi connectivity index (χ1n) is 4.10. The quantitative estimate of drug-likeness (QED) is 0.646. The molecule has 1 unspecified atom stereocenters. The predicted molar refractivity (Wildman–Crippen MR) is 44.4 cm³/mol. The second-order valence-corrected chi connectivity index (χ2v) is 3.06. The average molecular weight is 185 g/mol. The lowest BCUT2D eigenvalue weighted by molar-refractivity contribution is 0.167. The Kier molecular flexibility index (Phi) is 1.92. The maximum absolute atomic E-state index is 13.1. The van der Waals surface area contributed by atoms with Gasteiger partial charge in [0.2, 0.25) is 0 Å². The van der Waals surface area contributed by atoms with Crippen LogP contribution in [0.2, 0.25) is 0 Å². The summed E-state index contributed by atoms with van der Waals surface area (Å²) in [4.78, 5) is 0. The second kappa shape index (κ2) is 2.96. The molecule has 0 aliphatic carbocycles. The molecular formula is C9H9F2NO. The summed E-state index contributed by atoms with van der Waals surface area (Å²) < 4.78 is 25.8. The number of anilines is 1. The maximum atomic E-state index is 13.1. The summed E-state index contributed by atoms with van der Waals surface area (Å²) in [6, 6.07) is 2.44. The highest BCUT2D eigenvalue weighted by atomic mass is 19.2. The molecule has 0 amide bonds. The number of benzene rings is 1. The molecular weight excluding hydrogens is 176 g/mol. The minimum absolute atomic E-state index is 0.0961. The molecule has 2 rings (SSSR count). The maximum Gasteiger partial charge on any atom is 0.182 e. The van der Waals surface area contributed by atoms with E-state index in [1.165, 1.54) is 6.07 Å². The van der Waals surface area contributed by atoms with Crippen molar-refractivity contribution in [3.05, 3.63) is 29.3 Å². The zero-order valence-electron chi connectivity index (χ0n) is 6.85. The first kappa shape index (κ1) is 8.44. The van der Waals surface area contributed by atoms with Gasteiger partial charge < -0.3 is 10.4 Å². The molecule has 0 radical (unpaired) electrons.